The molecule has 6 nitrogen and oxygen atoms in total. The number of para-hydroxylation sites is 1. The highest BCUT2D eigenvalue weighted by Gasteiger charge is 2.11. The molecule has 0 fully saturated rings. The maximum atomic E-state index is 12.1. The lowest BCUT2D eigenvalue weighted by Crippen LogP contribution is -2.26. The number of fused-ring (bicyclic) bond motifs is 2. The van der Waals surface area contributed by atoms with Gasteiger partial charge in [0.15, 0.2) is 5.76 Å². The number of imidazole rings is 1. The van der Waals surface area contributed by atoms with Gasteiger partial charge in [0.2, 0.25) is 0 Å². The van der Waals surface area contributed by atoms with E-state index in [1.807, 2.05) is 47.3 Å². The predicted octanol–water partition coefficient (Wildman–Crippen LogP) is 2.31. The molecule has 0 bridgehead atoms. The van der Waals surface area contributed by atoms with E-state index in [4.69, 9.17) is 4.42 Å². The Morgan fingerprint density at radius 1 is 1.23 bits per heavy atom. The summed E-state index contributed by atoms with van der Waals surface area (Å²) in [7, 11) is 0. The van der Waals surface area contributed by atoms with Crippen molar-refractivity contribution in [3.05, 3.63) is 60.7 Å². The summed E-state index contributed by atoms with van der Waals surface area (Å²) in [6.07, 6.45) is 5.57. The van der Waals surface area contributed by atoms with Gasteiger partial charge < -0.3 is 14.3 Å². The molecule has 0 saturated carbocycles. The largest absolute Gasteiger partial charge is 0.451 e. The summed E-state index contributed by atoms with van der Waals surface area (Å²) in [5.41, 5.74) is 1.72. The SMILES string of the molecule is O=C(NCCn1ccn2nccc12)c1cc2ccccc2o1. The van der Waals surface area contributed by atoms with Crippen molar-refractivity contribution in [3.8, 4) is 0 Å². The first-order chi connectivity index (χ1) is 10.8. The highest BCUT2D eigenvalue weighted by molar-refractivity contribution is 5.96. The number of benzene rings is 1. The first-order valence-corrected chi connectivity index (χ1v) is 7.06. The number of hydrogen-bond acceptors (Lipinski definition) is 3. The van der Waals surface area contributed by atoms with Crippen LogP contribution < -0.4 is 5.32 Å². The Morgan fingerprint density at radius 3 is 3.05 bits per heavy atom. The van der Waals surface area contributed by atoms with Crippen LogP contribution in [0.4, 0.5) is 0 Å². The van der Waals surface area contributed by atoms with Crippen molar-refractivity contribution in [2.75, 3.05) is 6.54 Å². The third-order valence-corrected chi connectivity index (χ3v) is 3.62. The molecular weight excluding hydrogens is 280 g/mol. The normalized spacial score (nSPS) is 11.3. The van der Waals surface area contributed by atoms with Crippen molar-refractivity contribution < 1.29 is 9.21 Å². The van der Waals surface area contributed by atoms with E-state index >= 15 is 0 Å². The van der Waals surface area contributed by atoms with Crippen molar-refractivity contribution in [1.82, 2.24) is 19.5 Å². The minimum absolute atomic E-state index is 0.201. The van der Waals surface area contributed by atoms with Crippen LogP contribution >= 0.6 is 0 Å². The van der Waals surface area contributed by atoms with Crippen LogP contribution in [0.5, 0.6) is 0 Å². The van der Waals surface area contributed by atoms with Crippen LogP contribution in [0, 0.1) is 0 Å². The molecule has 0 radical (unpaired) electrons. The van der Waals surface area contributed by atoms with E-state index < -0.39 is 0 Å². The van der Waals surface area contributed by atoms with Crippen LogP contribution in [-0.2, 0) is 6.54 Å². The monoisotopic (exact) mass is 294 g/mol. The summed E-state index contributed by atoms with van der Waals surface area (Å²) >= 11 is 0. The van der Waals surface area contributed by atoms with Crippen molar-refractivity contribution >= 4 is 22.5 Å². The predicted molar refractivity (Wildman–Crippen MR) is 81.7 cm³/mol. The van der Waals surface area contributed by atoms with Gasteiger partial charge in [0.25, 0.3) is 5.91 Å². The molecule has 0 aliphatic carbocycles. The quantitative estimate of drug-likeness (QED) is 0.628. The smallest absolute Gasteiger partial charge is 0.287 e. The lowest BCUT2D eigenvalue weighted by Gasteiger charge is -2.04. The summed E-state index contributed by atoms with van der Waals surface area (Å²) in [5, 5.41) is 7.95. The molecule has 1 N–H and O–H groups in total. The van der Waals surface area contributed by atoms with Crippen LogP contribution in [0.2, 0.25) is 0 Å². The maximum Gasteiger partial charge on any atom is 0.287 e. The maximum absolute atomic E-state index is 12.1. The number of rotatable bonds is 4. The van der Waals surface area contributed by atoms with Crippen LogP contribution in [0.25, 0.3) is 16.6 Å². The Balaban J connectivity index is 1.43. The first kappa shape index (κ1) is 12.7. The Labute approximate surface area is 125 Å². The standard InChI is InChI=1S/C16H14N4O2/c21-16(14-11-12-3-1-2-4-13(12)22-14)17-7-8-19-9-10-20-15(19)5-6-18-20/h1-6,9-11H,7-8H2,(H,17,21). The average Bonchev–Trinajstić information content (AvgIpc) is 3.22. The van der Waals surface area contributed by atoms with Gasteiger partial charge in [-0.3, -0.25) is 4.79 Å². The molecule has 22 heavy (non-hydrogen) atoms. The summed E-state index contributed by atoms with van der Waals surface area (Å²) in [5.74, 6) is 0.135. The number of furan rings is 1. The van der Waals surface area contributed by atoms with Gasteiger partial charge in [-0.05, 0) is 12.1 Å². The van der Waals surface area contributed by atoms with Crippen molar-refractivity contribution in [2.24, 2.45) is 0 Å². The van der Waals surface area contributed by atoms with Crippen molar-refractivity contribution in [1.29, 1.82) is 0 Å². The van der Waals surface area contributed by atoms with E-state index in [9.17, 15) is 4.79 Å². The number of nitrogens with zero attached hydrogens (tertiary/aromatic N) is 3. The average molecular weight is 294 g/mol. The summed E-state index contributed by atoms with van der Waals surface area (Å²) < 4.78 is 9.37. The third kappa shape index (κ3) is 2.14. The number of amides is 1. The fourth-order valence-electron chi connectivity index (χ4n) is 2.53. The lowest BCUT2D eigenvalue weighted by atomic mass is 10.2. The first-order valence-electron chi connectivity index (χ1n) is 7.06. The molecule has 1 amide bonds. The summed E-state index contributed by atoms with van der Waals surface area (Å²) in [4.78, 5) is 12.1. The van der Waals surface area contributed by atoms with Gasteiger partial charge in [-0.2, -0.15) is 5.10 Å². The van der Waals surface area contributed by atoms with Crippen LogP contribution in [0.1, 0.15) is 10.6 Å². The topological polar surface area (TPSA) is 64.5 Å². The molecule has 3 heterocycles. The molecule has 0 saturated heterocycles. The molecule has 4 rings (SSSR count). The number of hydrogen-bond donors (Lipinski definition) is 1. The fraction of sp³-hybridized carbons (Fsp3) is 0.125. The highest BCUT2D eigenvalue weighted by Crippen LogP contribution is 2.18. The van der Waals surface area contributed by atoms with E-state index in [0.717, 1.165) is 16.6 Å². The van der Waals surface area contributed by atoms with Crippen LogP contribution in [0.3, 0.4) is 0 Å². The van der Waals surface area contributed by atoms with E-state index in [-0.39, 0.29) is 5.91 Å². The summed E-state index contributed by atoms with van der Waals surface area (Å²) in [6, 6.07) is 11.3. The summed E-state index contributed by atoms with van der Waals surface area (Å²) in [6.45, 7) is 1.19. The molecule has 0 aliphatic rings. The number of aromatic nitrogens is 3. The van der Waals surface area contributed by atoms with Gasteiger partial charge in [-0.25, -0.2) is 4.52 Å². The molecule has 6 heteroatoms. The Hall–Kier alpha value is -3.02. The number of carbonyl (C=O) groups is 1. The minimum atomic E-state index is -0.201. The lowest BCUT2D eigenvalue weighted by molar-refractivity contribution is 0.0927. The second kappa shape index (κ2) is 5.07. The van der Waals surface area contributed by atoms with E-state index in [0.29, 0.717) is 18.8 Å². The molecule has 0 unspecified atom stereocenters. The van der Waals surface area contributed by atoms with Gasteiger partial charge in [0, 0.05) is 36.9 Å². The molecule has 0 aliphatic heterocycles. The second-order valence-corrected chi connectivity index (χ2v) is 5.03. The van der Waals surface area contributed by atoms with Crippen molar-refractivity contribution in [2.45, 2.75) is 6.54 Å². The molecule has 0 spiro atoms. The molecule has 110 valence electrons. The molecule has 4 aromatic rings. The highest BCUT2D eigenvalue weighted by atomic mass is 16.3. The number of nitrogens with one attached hydrogen (secondary N) is 1. The van der Waals surface area contributed by atoms with E-state index in [2.05, 4.69) is 10.4 Å². The minimum Gasteiger partial charge on any atom is -0.451 e. The molecule has 1 aromatic carbocycles. The Bertz CT molecular complexity index is 914. The van der Waals surface area contributed by atoms with E-state index in [1.54, 1.807) is 16.8 Å². The van der Waals surface area contributed by atoms with Gasteiger partial charge in [-0.1, -0.05) is 18.2 Å². The zero-order valence-corrected chi connectivity index (χ0v) is 11.8. The molecular formula is C16H14N4O2. The second-order valence-electron chi connectivity index (χ2n) is 5.03. The Kier molecular flexibility index (Phi) is 2.93. The number of carbonyl (C=O) groups excluding carboxylic acids is 1. The molecule has 3 aromatic heterocycles. The van der Waals surface area contributed by atoms with Gasteiger partial charge in [-0.15, -0.1) is 0 Å². The molecule has 0 atom stereocenters. The van der Waals surface area contributed by atoms with Gasteiger partial charge in [0.1, 0.15) is 11.2 Å². The Morgan fingerprint density at radius 2 is 2.14 bits per heavy atom. The van der Waals surface area contributed by atoms with Crippen molar-refractivity contribution in [3.63, 3.8) is 0 Å². The van der Waals surface area contributed by atoms with Gasteiger partial charge >= 0.3 is 0 Å². The van der Waals surface area contributed by atoms with Gasteiger partial charge in [0.05, 0.1) is 6.20 Å². The van der Waals surface area contributed by atoms with Crippen LogP contribution in [0.15, 0.2) is 59.4 Å². The third-order valence-electron chi connectivity index (χ3n) is 3.62. The zero-order valence-electron chi connectivity index (χ0n) is 11.8. The fourth-order valence-corrected chi connectivity index (χ4v) is 2.53. The van der Waals surface area contributed by atoms with Crippen LogP contribution in [-0.4, -0.2) is 26.6 Å². The zero-order chi connectivity index (χ0) is 14.9. The van der Waals surface area contributed by atoms with E-state index in [1.165, 1.54) is 0 Å².